The molecule has 1 fully saturated rings. The highest BCUT2D eigenvalue weighted by atomic mass is 127. The Hall–Kier alpha value is -0.380. The van der Waals surface area contributed by atoms with Gasteiger partial charge in [0.1, 0.15) is 11.9 Å². The molecule has 1 unspecified atom stereocenters. The van der Waals surface area contributed by atoms with E-state index in [-0.39, 0.29) is 34.8 Å². The quantitative estimate of drug-likeness (QED) is 0.302. The van der Waals surface area contributed by atoms with Crippen molar-refractivity contribution in [2.45, 2.75) is 37.0 Å². The Bertz CT molecular complexity index is 586. The molecule has 1 atom stereocenters. The van der Waals surface area contributed by atoms with Crippen molar-refractivity contribution in [3.63, 3.8) is 0 Å². The number of aliphatic imine (C=N–C) groups is 1. The maximum atomic E-state index is 6.19. The minimum Gasteiger partial charge on any atom is -0.487 e. The molecule has 1 aromatic rings. The molecule has 1 saturated heterocycles. The predicted octanol–water partition coefficient (Wildman–Crippen LogP) is 4.19. The number of benzene rings is 1. The van der Waals surface area contributed by atoms with Crippen LogP contribution < -0.4 is 15.4 Å². The summed E-state index contributed by atoms with van der Waals surface area (Å²) in [6, 6.07) is 7.56. The Kier molecular flexibility index (Phi) is 11.8. The molecule has 27 heavy (non-hydrogen) atoms. The van der Waals surface area contributed by atoms with Gasteiger partial charge in [-0.1, -0.05) is 30.7 Å². The van der Waals surface area contributed by atoms with Crippen LogP contribution in [0, 0.1) is 0 Å². The summed E-state index contributed by atoms with van der Waals surface area (Å²) in [6.45, 7) is 5.30. The molecule has 0 aliphatic carbocycles. The van der Waals surface area contributed by atoms with Crippen LogP contribution in [0.5, 0.6) is 5.75 Å². The molecule has 1 aliphatic heterocycles. The Balaban J connectivity index is 0.00000364. The van der Waals surface area contributed by atoms with E-state index in [0.29, 0.717) is 17.3 Å². The highest BCUT2D eigenvalue weighted by molar-refractivity contribution is 14.0. The summed E-state index contributed by atoms with van der Waals surface area (Å²) in [6.07, 6.45) is 5.19. The third-order valence-corrected chi connectivity index (χ3v) is 6.45. The monoisotopic (exact) mass is 527 g/mol. The predicted molar refractivity (Wildman–Crippen MR) is 127 cm³/mol. The molecule has 1 aromatic carbocycles. The van der Waals surface area contributed by atoms with Crippen LogP contribution in [0.3, 0.4) is 0 Å². The number of ether oxygens (including phenoxy) is 2. The molecular weight excluding hydrogens is 497 g/mol. The lowest BCUT2D eigenvalue weighted by Crippen LogP contribution is -2.49. The Labute approximate surface area is 189 Å². The van der Waals surface area contributed by atoms with Gasteiger partial charge in [0, 0.05) is 31.6 Å². The lowest BCUT2D eigenvalue weighted by Gasteiger charge is -2.36. The molecule has 2 N–H and O–H groups in total. The van der Waals surface area contributed by atoms with Gasteiger partial charge >= 0.3 is 0 Å². The number of hydrogen-bond acceptors (Lipinski definition) is 4. The lowest BCUT2D eigenvalue weighted by atomic mass is 9.99. The summed E-state index contributed by atoms with van der Waals surface area (Å²) >= 11 is 8.10. The summed E-state index contributed by atoms with van der Waals surface area (Å²) < 4.78 is 11.7. The lowest BCUT2D eigenvalue weighted by molar-refractivity contribution is 0.0782. The molecule has 1 aliphatic rings. The molecule has 154 valence electrons. The van der Waals surface area contributed by atoms with E-state index < -0.39 is 0 Å². The Morgan fingerprint density at radius 3 is 2.63 bits per heavy atom. The van der Waals surface area contributed by atoms with E-state index in [4.69, 9.17) is 21.1 Å². The van der Waals surface area contributed by atoms with Crippen LogP contribution in [0.15, 0.2) is 29.3 Å². The fourth-order valence-corrected chi connectivity index (χ4v) is 3.83. The van der Waals surface area contributed by atoms with E-state index >= 15 is 0 Å². The number of thioether (sulfide) groups is 1. The number of para-hydroxylation sites is 1. The zero-order valence-electron chi connectivity index (χ0n) is 16.3. The van der Waals surface area contributed by atoms with Crippen molar-refractivity contribution in [3.05, 3.63) is 29.3 Å². The Morgan fingerprint density at radius 2 is 2.04 bits per heavy atom. The number of guanidine groups is 1. The maximum absolute atomic E-state index is 6.19. The summed E-state index contributed by atoms with van der Waals surface area (Å²) in [7, 11) is 1.79. The third-order valence-electron chi connectivity index (χ3n) is 4.72. The van der Waals surface area contributed by atoms with Crippen LogP contribution in [0.1, 0.15) is 26.2 Å². The van der Waals surface area contributed by atoms with Gasteiger partial charge in [0.15, 0.2) is 5.96 Å². The third kappa shape index (κ3) is 7.87. The molecule has 0 spiro atoms. The SMILES string of the molecule is CCC(CNC(=NC)NCC1(SC)CCOCC1)Oc1ccccc1Cl.I. The van der Waals surface area contributed by atoms with Crippen molar-refractivity contribution in [2.24, 2.45) is 4.99 Å². The first-order chi connectivity index (χ1) is 12.6. The first-order valence-corrected chi connectivity index (χ1v) is 10.7. The maximum Gasteiger partial charge on any atom is 0.191 e. The molecular formula is C19H31ClIN3O2S. The minimum absolute atomic E-state index is 0. The second kappa shape index (κ2) is 13.0. The highest BCUT2D eigenvalue weighted by Gasteiger charge is 2.31. The van der Waals surface area contributed by atoms with Gasteiger partial charge in [-0.25, -0.2) is 0 Å². The van der Waals surface area contributed by atoms with Gasteiger partial charge in [-0.05, 0) is 37.7 Å². The summed E-state index contributed by atoms with van der Waals surface area (Å²) in [4.78, 5) is 4.34. The van der Waals surface area contributed by atoms with Crippen molar-refractivity contribution >= 4 is 53.3 Å². The van der Waals surface area contributed by atoms with Gasteiger partial charge in [-0.3, -0.25) is 4.99 Å². The number of nitrogens with zero attached hydrogens (tertiary/aromatic N) is 1. The highest BCUT2D eigenvalue weighted by Crippen LogP contribution is 2.33. The molecule has 0 amide bonds. The summed E-state index contributed by atoms with van der Waals surface area (Å²) in [5.74, 6) is 1.51. The fourth-order valence-electron chi connectivity index (χ4n) is 2.86. The Morgan fingerprint density at radius 1 is 1.33 bits per heavy atom. The van der Waals surface area contributed by atoms with E-state index in [1.54, 1.807) is 7.05 Å². The topological polar surface area (TPSA) is 54.9 Å². The number of rotatable bonds is 8. The van der Waals surface area contributed by atoms with Gasteiger partial charge in [0.25, 0.3) is 0 Å². The van der Waals surface area contributed by atoms with E-state index in [1.807, 2.05) is 36.0 Å². The average Bonchev–Trinajstić information content (AvgIpc) is 2.69. The number of halogens is 2. The van der Waals surface area contributed by atoms with Crippen LogP contribution in [0.2, 0.25) is 5.02 Å². The average molecular weight is 528 g/mol. The van der Waals surface area contributed by atoms with E-state index in [0.717, 1.165) is 45.0 Å². The summed E-state index contributed by atoms with van der Waals surface area (Å²) in [5, 5.41) is 7.47. The second-order valence-corrected chi connectivity index (χ2v) is 8.07. The zero-order chi connectivity index (χ0) is 18.8. The van der Waals surface area contributed by atoms with Crippen LogP contribution >= 0.6 is 47.3 Å². The molecule has 5 nitrogen and oxygen atoms in total. The van der Waals surface area contributed by atoms with E-state index in [9.17, 15) is 0 Å². The zero-order valence-corrected chi connectivity index (χ0v) is 20.2. The minimum atomic E-state index is 0. The number of hydrogen-bond donors (Lipinski definition) is 2. The van der Waals surface area contributed by atoms with Gasteiger partial charge < -0.3 is 20.1 Å². The smallest absolute Gasteiger partial charge is 0.191 e. The first-order valence-electron chi connectivity index (χ1n) is 9.11. The van der Waals surface area contributed by atoms with E-state index in [2.05, 4.69) is 28.8 Å². The summed E-state index contributed by atoms with van der Waals surface area (Å²) in [5.41, 5.74) is 0. The molecule has 8 heteroatoms. The molecule has 0 bridgehead atoms. The number of nitrogens with one attached hydrogen (secondary N) is 2. The van der Waals surface area contributed by atoms with Crippen LogP contribution in [0.4, 0.5) is 0 Å². The molecule has 0 saturated carbocycles. The second-order valence-electron chi connectivity index (χ2n) is 6.38. The molecule has 2 rings (SSSR count). The van der Waals surface area contributed by atoms with Crippen LogP contribution in [-0.4, -0.2) is 56.4 Å². The first kappa shape index (κ1) is 24.7. The van der Waals surface area contributed by atoms with Crippen LogP contribution in [-0.2, 0) is 4.74 Å². The van der Waals surface area contributed by atoms with Crippen molar-refractivity contribution in [1.82, 2.24) is 10.6 Å². The van der Waals surface area contributed by atoms with Crippen molar-refractivity contribution in [1.29, 1.82) is 0 Å². The molecule has 0 radical (unpaired) electrons. The standard InChI is InChI=1S/C19H30ClN3O2S.HI/c1-4-15(25-17-8-6-5-7-16(17)20)13-22-18(21-2)23-14-19(26-3)9-11-24-12-10-19;/h5-8,15H,4,9-14H2,1-3H3,(H2,21,22,23);1H. The van der Waals surface area contributed by atoms with Gasteiger partial charge in [0.2, 0.25) is 0 Å². The fraction of sp³-hybridized carbons (Fsp3) is 0.632. The van der Waals surface area contributed by atoms with Gasteiger partial charge in [0.05, 0.1) is 11.6 Å². The molecule has 1 heterocycles. The van der Waals surface area contributed by atoms with Crippen molar-refractivity contribution < 1.29 is 9.47 Å². The van der Waals surface area contributed by atoms with Gasteiger partial charge in [-0.15, -0.1) is 24.0 Å². The van der Waals surface area contributed by atoms with Crippen LogP contribution in [0.25, 0.3) is 0 Å². The molecule has 0 aromatic heterocycles. The van der Waals surface area contributed by atoms with Gasteiger partial charge in [-0.2, -0.15) is 11.8 Å². The van der Waals surface area contributed by atoms with Crippen molar-refractivity contribution in [3.8, 4) is 5.75 Å². The largest absolute Gasteiger partial charge is 0.487 e. The normalized spacial score (nSPS) is 17.6. The van der Waals surface area contributed by atoms with Crippen molar-refractivity contribution in [2.75, 3.05) is 39.6 Å². The van der Waals surface area contributed by atoms with E-state index in [1.165, 1.54) is 0 Å².